The maximum absolute atomic E-state index is 13.0. The van der Waals surface area contributed by atoms with Crippen LogP contribution in [0.4, 0.5) is 18.9 Å². The van der Waals surface area contributed by atoms with E-state index in [1.807, 2.05) is 0 Å². The van der Waals surface area contributed by atoms with Crippen molar-refractivity contribution >= 4 is 23.2 Å². The van der Waals surface area contributed by atoms with E-state index in [0.29, 0.717) is 30.7 Å². The number of amides is 1. The van der Waals surface area contributed by atoms with Crippen molar-refractivity contribution in [2.24, 2.45) is 7.05 Å². The first-order chi connectivity index (χ1) is 11.8. The summed E-state index contributed by atoms with van der Waals surface area (Å²) in [7, 11) is 1.34. The minimum Gasteiger partial charge on any atom is -0.489 e. The summed E-state index contributed by atoms with van der Waals surface area (Å²) in [6.45, 7) is -0.355. The molecule has 134 valence electrons. The highest BCUT2D eigenvalue weighted by Gasteiger charge is 2.38. The molecule has 1 aliphatic rings. The number of alkyl halides is 3. The molecule has 0 saturated carbocycles. The molecule has 2 heterocycles. The molecular formula is C16H15ClF3N3O2. The number of halogens is 4. The molecule has 1 aliphatic heterocycles. The number of hydrogen-bond donors (Lipinski definition) is 1. The van der Waals surface area contributed by atoms with Crippen molar-refractivity contribution < 1.29 is 22.7 Å². The Kier molecular flexibility index (Phi) is 4.64. The predicted octanol–water partition coefficient (Wildman–Crippen LogP) is 3.95. The largest absolute Gasteiger partial charge is 0.489 e. The Morgan fingerprint density at radius 2 is 2.12 bits per heavy atom. The Balaban J connectivity index is 1.81. The van der Waals surface area contributed by atoms with Gasteiger partial charge < -0.3 is 10.1 Å². The molecule has 9 heteroatoms. The van der Waals surface area contributed by atoms with Crippen LogP contribution in [0.15, 0.2) is 18.2 Å². The Labute approximate surface area is 146 Å². The monoisotopic (exact) mass is 373 g/mol. The Morgan fingerprint density at radius 3 is 2.84 bits per heavy atom. The van der Waals surface area contributed by atoms with Crippen LogP contribution in [0.3, 0.4) is 0 Å². The van der Waals surface area contributed by atoms with E-state index in [4.69, 9.17) is 16.3 Å². The van der Waals surface area contributed by atoms with Gasteiger partial charge in [-0.15, -0.1) is 0 Å². The zero-order chi connectivity index (χ0) is 18.2. The summed E-state index contributed by atoms with van der Waals surface area (Å²) in [4.78, 5) is 11.5. The summed E-state index contributed by atoms with van der Waals surface area (Å²) >= 11 is 5.91. The van der Waals surface area contributed by atoms with Gasteiger partial charge in [-0.1, -0.05) is 11.6 Å². The SMILES string of the molecule is Cn1nc(C(F)(F)F)c(COc2ccc3c(c2)CCCC(=O)N3)c1Cl. The summed E-state index contributed by atoms with van der Waals surface area (Å²) in [5.74, 6) is 0.354. The van der Waals surface area contributed by atoms with Crippen LogP contribution in [0.5, 0.6) is 5.75 Å². The third-order valence-corrected chi connectivity index (χ3v) is 4.39. The lowest BCUT2D eigenvalue weighted by molar-refractivity contribution is -0.142. The van der Waals surface area contributed by atoms with Crippen molar-refractivity contribution in [2.45, 2.75) is 32.0 Å². The number of aromatic nitrogens is 2. The van der Waals surface area contributed by atoms with Gasteiger partial charge >= 0.3 is 6.18 Å². The molecule has 0 saturated heterocycles. The maximum Gasteiger partial charge on any atom is 0.435 e. The highest BCUT2D eigenvalue weighted by Crippen LogP contribution is 2.35. The number of hydrogen-bond acceptors (Lipinski definition) is 3. The van der Waals surface area contributed by atoms with Gasteiger partial charge in [0.15, 0.2) is 5.69 Å². The number of nitrogens with zero attached hydrogens (tertiary/aromatic N) is 2. The highest BCUT2D eigenvalue weighted by atomic mass is 35.5. The van der Waals surface area contributed by atoms with Crippen LogP contribution in [0.1, 0.15) is 29.7 Å². The number of ether oxygens (including phenoxy) is 1. The average Bonchev–Trinajstić information content (AvgIpc) is 2.71. The molecule has 3 rings (SSSR count). The average molecular weight is 374 g/mol. The van der Waals surface area contributed by atoms with Gasteiger partial charge in [-0.2, -0.15) is 18.3 Å². The van der Waals surface area contributed by atoms with Gasteiger partial charge in [-0.3, -0.25) is 9.48 Å². The first kappa shape index (κ1) is 17.6. The van der Waals surface area contributed by atoms with Crippen LogP contribution in [0.25, 0.3) is 0 Å². The molecule has 0 aliphatic carbocycles. The predicted molar refractivity (Wildman–Crippen MR) is 85.6 cm³/mol. The molecular weight excluding hydrogens is 359 g/mol. The zero-order valence-electron chi connectivity index (χ0n) is 13.3. The van der Waals surface area contributed by atoms with Gasteiger partial charge in [0.2, 0.25) is 5.91 Å². The molecule has 1 N–H and O–H groups in total. The number of fused-ring (bicyclic) bond motifs is 1. The number of carbonyl (C=O) groups is 1. The fraction of sp³-hybridized carbons (Fsp3) is 0.375. The van der Waals surface area contributed by atoms with Crippen molar-refractivity contribution in [3.8, 4) is 5.75 Å². The van der Waals surface area contributed by atoms with Crippen LogP contribution in [-0.4, -0.2) is 15.7 Å². The van der Waals surface area contributed by atoms with E-state index < -0.39 is 11.9 Å². The Hall–Kier alpha value is -2.22. The van der Waals surface area contributed by atoms with Crippen molar-refractivity contribution in [3.05, 3.63) is 40.2 Å². The first-order valence-corrected chi connectivity index (χ1v) is 7.97. The summed E-state index contributed by atoms with van der Waals surface area (Å²) in [6.07, 6.45) is -2.78. The molecule has 2 aromatic rings. The second kappa shape index (κ2) is 6.59. The fourth-order valence-electron chi connectivity index (χ4n) is 2.70. The van der Waals surface area contributed by atoms with Gasteiger partial charge in [-0.25, -0.2) is 0 Å². The first-order valence-electron chi connectivity index (χ1n) is 7.60. The van der Waals surface area contributed by atoms with E-state index in [9.17, 15) is 18.0 Å². The van der Waals surface area contributed by atoms with Crippen LogP contribution in [0.2, 0.25) is 5.15 Å². The van der Waals surface area contributed by atoms with Gasteiger partial charge in [0.05, 0.1) is 5.56 Å². The molecule has 0 bridgehead atoms. The number of benzene rings is 1. The minimum absolute atomic E-state index is 0.0515. The van der Waals surface area contributed by atoms with Crippen molar-refractivity contribution in [3.63, 3.8) is 0 Å². The molecule has 5 nitrogen and oxygen atoms in total. The second-order valence-electron chi connectivity index (χ2n) is 5.75. The summed E-state index contributed by atoms with van der Waals surface area (Å²) < 4.78 is 45.6. The highest BCUT2D eigenvalue weighted by molar-refractivity contribution is 6.30. The lowest BCUT2D eigenvalue weighted by atomic mass is 10.1. The van der Waals surface area contributed by atoms with Gasteiger partial charge in [0, 0.05) is 19.2 Å². The van der Waals surface area contributed by atoms with E-state index in [1.165, 1.54) is 7.05 Å². The van der Waals surface area contributed by atoms with E-state index in [0.717, 1.165) is 10.2 Å². The van der Waals surface area contributed by atoms with E-state index in [2.05, 4.69) is 10.4 Å². The lowest BCUT2D eigenvalue weighted by Gasteiger charge is -2.12. The van der Waals surface area contributed by atoms with Crippen LogP contribution in [-0.2, 0) is 31.0 Å². The zero-order valence-corrected chi connectivity index (χ0v) is 14.0. The minimum atomic E-state index is -4.61. The normalized spacial score (nSPS) is 14.7. The standard InChI is InChI=1S/C16H15ClF3N3O2/c1-23-15(17)11(14(22-23)16(18,19)20)8-25-10-5-6-12-9(7-10)3-2-4-13(24)21-12/h5-7H,2-4,8H2,1H3,(H,21,24). The number of anilines is 1. The molecule has 25 heavy (non-hydrogen) atoms. The molecule has 1 amide bonds. The molecule has 0 atom stereocenters. The molecule has 0 spiro atoms. The third kappa shape index (κ3) is 3.73. The third-order valence-electron chi connectivity index (χ3n) is 3.92. The molecule has 1 aromatic heterocycles. The number of nitrogens with one attached hydrogen (secondary N) is 1. The smallest absolute Gasteiger partial charge is 0.435 e. The van der Waals surface area contributed by atoms with Crippen molar-refractivity contribution in [2.75, 3.05) is 5.32 Å². The summed E-state index contributed by atoms with van der Waals surface area (Å²) in [5, 5.41) is 6.09. The number of carbonyl (C=O) groups excluding carboxylic acids is 1. The fourth-order valence-corrected chi connectivity index (χ4v) is 2.88. The number of rotatable bonds is 3. The summed E-state index contributed by atoms with van der Waals surface area (Å²) in [5.41, 5.74) is 0.323. The van der Waals surface area contributed by atoms with Gasteiger partial charge in [0.25, 0.3) is 0 Å². The molecule has 0 radical (unpaired) electrons. The van der Waals surface area contributed by atoms with E-state index >= 15 is 0 Å². The topological polar surface area (TPSA) is 56.2 Å². The van der Waals surface area contributed by atoms with Crippen molar-refractivity contribution in [1.82, 2.24) is 9.78 Å². The van der Waals surface area contributed by atoms with E-state index in [1.54, 1.807) is 18.2 Å². The lowest BCUT2D eigenvalue weighted by Crippen LogP contribution is -2.11. The van der Waals surface area contributed by atoms with Crippen LogP contribution >= 0.6 is 11.6 Å². The van der Waals surface area contributed by atoms with E-state index in [-0.39, 0.29) is 23.2 Å². The van der Waals surface area contributed by atoms with Crippen molar-refractivity contribution in [1.29, 1.82) is 0 Å². The molecule has 0 fully saturated rings. The quantitative estimate of drug-likeness (QED) is 0.886. The van der Waals surface area contributed by atoms with Gasteiger partial charge in [-0.05, 0) is 36.6 Å². The Bertz CT molecular complexity index is 818. The van der Waals surface area contributed by atoms with Crippen LogP contribution in [0, 0.1) is 0 Å². The van der Waals surface area contributed by atoms with Crippen LogP contribution < -0.4 is 10.1 Å². The summed E-state index contributed by atoms with van der Waals surface area (Å²) in [6, 6.07) is 5.00. The Morgan fingerprint density at radius 1 is 1.36 bits per heavy atom. The number of aryl methyl sites for hydroxylation is 2. The molecule has 0 unspecified atom stereocenters. The maximum atomic E-state index is 13.0. The molecule has 1 aromatic carbocycles. The second-order valence-corrected chi connectivity index (χ2v) is 6.11. The van der Waals surface area contributed by atoms with Gasteiger partial charge in [0.1, 0.15) is 17.5 Å².